The number of carbonyl (C=O) groups is 4. The molecular weight excluding hydrogens is 412 g/mol. The van der Waals surface area contributed by atoms with Crippen LogP contribution in [0.3, 0.4) is 0 Å². The number of amides is 3. The number of anilines is 1. The summed E-state index contributed by atoms with van der Waals surface area (Å²) < 4.78 is 10.3. The lowest BCUT2D eigenvalue weighted by Gasteiger charge is -2.26. The Kier molecular flexibility index (Phi) is 5.52. The van der Waals surface area contributed by atoms with Crippen molar-refractivity contribution < 1.29 is 28.7 Å². The molecule has 1 saturated heterocycles. The zero-order chi connectivity index (χ0) is 21.3. The molecule has 8 nitrogen and oxygen atoms in total. The lowest BCUT2D eigenvalue weighted by molar-refractivity contribution is -0.138. The van der Waals surface area contributed by atoms with E-state index in [1.807, 2.05) is 0 Å². The Morgan fingerprint density at radius 3 is 2.33 bits per heavy atom. The summed E-state index contributed by atoms with van der Waals surface area (Å²) in [5, 5.41) is 0.479. The quantitative estimate of drug-likeness (QED) is 0.547. The molecule has 154 valence electrons. The maximum absolute atomic E-state index is 12.8. The molecule has 2 aromatic carbocycles. The molecule has 0 saturated carbocycles. The summed E-state index contributed by atoms with van der Waals surface area (Å²) >= 11 is 5.86. The number of esters is 1. The zero-order valence-electron chi connectivity index (χ0n) is 15.8. The number of hydrogen-bond acceptors (Lipinski definition) is 6. The fourth-order valence-electron chi connectivity index (χ4n) is 3.31. The van der Waals surface area contributed by atoms with Crippen LogP contribution in [0.4, 0.5) is 5.69 Å². The molecule has 3 amide bonds. The number of hydrogen-bond donors (Lipinski definition) is 0. The molecule has 0 radical (unpaired) electrons. The normalized spacial score (nSPS) is 15.9. The summed E-state index contributed by atoms with van der Waals surface area (Å²) in [6.45, 7) is 1.40. The van der Waals surface area contributed by atoms with Crippen LogP contribution in [0.5, 0.6) is 0 Å². The first-order chi connectivity index (χ1) is 14.5. The van der Waals surface area contributed by atoms with E-state index in [0.29, 0.717) is 37.0 Å². The van der Waals surface area contributed by atoms with Gasteiger partial charge in [-0.05, 0) is 42.5 Å². The van der Waals surface area contributed by atoms with Gasteiger partial charge in [0.25, 0.3) is 17.7 Å². The van der Waals surface area contributed by atoms with Crippen LogP contribution in [0.15, 0.2) is 42.5 Å². The summed E-state index contributed by atoms with van der Waals surface area (Å²) in [7, 11) is 0. The minimum absolute atomic E-state index is 0.0858. The maximum atomic E-state index is 12.8. The smallest absolute Gasteiger partial charge is 0.338 e. The summed E-state index contributed by atoms with van der Waals surface area (Å²) in [5.41, 5.74) is 0.758. The molecule has 4 rings (SSSR count). The van der Waals surface area contributed by atoms with Crippen molar-refractivity contribution in [3.05, 3.63) is 64.2 Å². The van der Waals surface area contributed by atoms with Crippen LogP contribution < -0.4 is 4.90 Å². The lowest BCUT2D eigenvalue weighted by atomic mass is 10.1. The Morgan fingerprint density at radius 1 is 0.967 bits per heavy atom. The van der Waals surface area contributed by atoms with Gasteiger partial charge < -0.3 is 14.4 Å². The fourth-order valence-corrected chi connectivity index (χ4v) is 3.43. The predicted molar refractivity (Wildman–Crippen MR) is 107 cm³/mol. The van der Waals surface area contributed by atoms with Gasteiger partial charge in [-0.1, -0.05) is 11.6 Å². The number of morpholine rings is 1. The first kappa shape index (κ1) is 20.1. The molecule has 9 heteroatoms. The maximum Gasteiger partial charge on any atom is 0.338 e. The van der Waals surface area contributed by atoms with Crippen molar-refractivity contribution in [3.63, 3.8) is 0 Å². The van der Waals surface area contributed by atoms with Crippen molar-refractivity contribution in [2.75, 3.05) is 37.8 Å². The second-order valence-corrected chi connectivity index (χ2v) is 7.19. The standard InChI is InChI=1S/C21H17ClN2O6/c22-14-2-4-15(5-3-14)24-19(26)16-6-1-13(11-17(16)20(24)27)21(28)30-12-18(25)23-7-9-29-10-8-23/h1-6,11H,7-10,12H2. The number of imide groups is 1. The van der Waals surface area contributed by atoms with E-state index in [-0.39, 0.29) is 22.6 Å². The van der Waals surface area contributed by atoms with Crippen LogP contribution in [0, 0.1) is 0 Å². The van der Waals surface area contributed by atoms with Crippen LogP contribution in [0.25, 0.3) is 0 Å². The Hall–Kier alpha value is -3.23. The van der Waals surface area contributed by atoms with Gasteiger partial charge in [-0.25, -0.2) is 9.69 Å². The number of benzene rings is 2. The van der Waals surface area contributed by atoms with E-state index >= 15 is 0 Å². The highest BCUT2D eigenvalue weighted by molar-refractivity contribution is 6.35. The Morgan fingerprint density at radius 2 is 1.63 bits per heavy atom. The topological polar surface area (TPSA) is 93.2 Å². The van der Waals surface area contributed by atoms with Crippen molar-refractivity contribution in [2.45, 2.75) is 0 Å². The van der Waals surface area contributed by atoms with E-state index in [9.17, 15) is 19.2 Å². The first-order valence-corrected chi connectivity index (χ1v) is 9.64. The second kappa shape index (κ2) is 8.25. The minimum atomic E-state index is -0.746. The number of carbonyl (C=O) groups excluding carboxylic acids is 4. The van der Waals surface area contributed by atoms with Gasteiger partial charge in [0.15, 0.2) is 6.61 Å². The van der Waals surface area contributed by atoms with E-state index < -0.39 is 24.4 Å². The summed E-state index contributed by atoms with van der Waals surface area (Å²) in [5.74, 6) is -2.09. The van der Waals surface area contributed by atoms with Crippen LogP contribution in [0.1, 0.15) is 31.1 Å². The van der Waals surface area contributed by atoms with Gasteiger partial charge >= 0.3 is 5.97 Å². The van der Waals surface area contributed by atoms with Crippen molar-refractivity contribution in [1.29, 1.82) is 0 Å². The second-order valence-electron chi connectivity index (χ2n) is 6.75. The minimum Gasteiger partial charge on any atom is -0.452 e. The molecule has 0 aliphatic carbocycles. The van der Waals surface area contributed by atoms with Crippen molar-refractivity contribution in [3.8, 4) is 0 Å². The van der Waals surface area contributed by atoms with Gasteiger partial charge in [0.1, 0.15) is 0 Å². The average Bonchev–Trinajstić information content (AvgIpc) is 3.02. The van der Waals surface area contributed by atoms with E-state index in [0.717, 1.165) is 4.90 Å². The van der Waals surface area contributed by atoms with E-state index in [1.54, 1.807) is 29.2 Å². The first-order valence-electron chi connectivity index (χ1n) is 9.27. The molecule has 2 heterocycles. The summed E-state index contributed by atoms with van der Waals surface area (Å²) in [4.78, 5) is 52.5. The SMILES string of the molecule is O=C(OCC(=O)N1CCOCC1)c1ccc2c(c1)C(=O)N(c1ccc(Cl)cc1)C2=O. The molecule has 1 fully saturated rings. The highest BCUT2D eigenvalue weighted by atomic mass is 35.5. The third-order valence-electron chi connectivity index (χ3n) is 4.90. The molecule has 0 unspecified atom stereocenters. The summed E-state index contributed by atoms with van der Waals surface area (Å²) in [6, 6.07) is 10.4. The number of nitrogens with zero attached hydrogens (tertiary/aromatic N) is 2. The van der Waals surface area contributed by atoms with Crippen LogP contribution in [0.2, 0.25) is 5.02 Å². The van der Waals surface area contributed by atoms with Gasteiger partial charge in [0.2, 0.25) is 0 Å². The van der Waals surface area contributed by atoms with Gasteiger partial charge in [-0.3, -0.25) is 14.4 Å². The lowest BCUT2D eigenvalue weighted by Crippen LogP contribution is -2.42. The molecule has 2 aliphatic heterocycles. The number of ether oxygens (including phenoxy) is 2. The number of fused-ring (bicyclic) bond motifs is 1. The molecular formula is C21H17ClN2O6. The number of rotatable bonds is 4. The Balaban J connectivity index is 1.47. The average molecular weight is 429 g/mol. The third-order valence-corrected chi connectivity index (χ3v) is 5.15. The van der Waals surface area contributed by atoms with Crippen molar-refractivity contribution in [2.24, 2.45) is 0 Å². The predicted octanol–water partition coefficient (Wildman–Crippen LogP) is 2.16. The fraction of sp³-hybridized carbons (Fsp3) is 0.238. The molecule has 2 aromatic rings. The van der Waals surface area contributed by atoms with Gasteiger partial charge in [0.05, 0.1) is 35.6 Å². The monoisotopic (exact) mass is 428 g/mol. The molecule has 0 aromatic heterocycles. The van der Waals surface area contributed by atoms with Crippen LogP contribution >= 0.6 is 11.6 Å². The zero-order valence-corrected chi connectivity index (χ0v) is 16.6. The molecule has 0 bridgehead atoms. The van der Waals surface area contributed by atoms with Gasteiger partial charge in [0, 0.05) is 18.1 Å². The molecule has 0 N–H and O–H groups in total. The highest BCUT2D eigenvalue weighted by Gasteiger charge is 2.37. The molecule has 0 atom stereocenters. The van der Waals surface area contributed by atoms with Gasteiger partial charge in [-0.2, -0.15) is 0 Å². The van der Waals surface area contributed by atoms with E-state index in [1.165, 1.54) is 18.2 Å². The van der Waals surface area contributed by atoms with Crippen LogP contribution in [-0.4, -0.2) is 61.5 Å². The molecule has 2 aliphatic rings. The van der Waals surface area contributed by atoms with Crippen molar-refractivity contribution >= 4 is 41.0 Å². The molecule has 30 heavy (non-hydrogen) atoms. The van der Waals surface area contributed by atoms with E-state index in [2.05, 4.69) is 0 Å². The third kappa shape index (κ3) is 3.79. The Bertz CT molecular complexity index is 1030. The molecule has 0 spiro atoms. The van der Waals surface area contributed by atoms with Crippen LogP contribution in [-0.2, 0) is 14.3 Å². The summed E-state index contributed by atoms with van der Waals surface area (Å²) in [6.07, 6.45) is 0. The van der Waals surface area contributed by atoms with Crippen molar-refractivity contribution in [1.82, 2.24) is 4.90 Å². The Labute approximate surface area is 176 Å². The largest absolute Gasteiger partial charge is 0.452 e. The number of halogens is 1. The van der Waals surface area contributed by atoms with E-state index in [4.69, 9.17) is 21.1 Å². The van der Waals surface area contributed by atoms with Gasteiger partial charge in [-0.15, -0.1) is 0 Å². The highest BCUT2D eigenvalue weighted by Crippen LogP contribution is 2.30.